The highest BCUT2D eigenvalue weighted by Gasteiger charge is 1.99. The van der Waals surface area contributed by atoms with Gasteiger partial charge in [0.2, 0.25) is 0 Å². The molecule has 0 aliphatic rings. The third-order valence-electron chi connectivity index (χ3n) is 2.97. The standard InChI is InChI=1S/C15H22N4O/c1-18(2)11-13-3-5-15(6-4-13)16-9-14-10-17-19(12-14)7-8-20/h3-6,10,12,16,20H,7-9,11H2,1-2H3. The molecular weight excluding hydrogens is 252 g/mol. The molecule has 2 N–H and O–H groups in total. The van der Waals surface area contributed by atoms with Crippen LogP contribution in [0.1, 0.15) is 11.1 Å². The molecule has 0 fully saturated rings. The van der Waals surface area contributed by atoms with Crippen LogP contribution in [0.15, 0.2) is 36.7 Å². The van der Waals surface area contributed by atoms with Crippen LogP contribution in [0.5, 0.6) is 0 Å². The summed E-state index contributed by atoms with van der Waals surface area (Å²) in [6.45, 7) is 2.34. The molecule has 0 amide bonds. The van der Waals surface area contributed by atoms with Crippen LogP contribution in [0, 0.1) is 0 Å². The van der Waals surface area contributed by atoms with E-state index in [2.05, 4.69) is 53.7 Å². The summed E-state index contributed by atoms with van der Waals surface area (Å²) >= 11 is 0. The largest absolute Gasteiger partial charge is 0.394 e. The van der Waals surface area contributed by atoms with Crippen LogP contribution in [0.3, 0.4) is 0 Å². The molecule has 20 heavy (non-hydrogen) atoms. The van der Waals surface area contributed by atoms with E-state index < -0.39 is 0 Å². The Bertz CT molecular complexity index is 519. The SMILES string of the molecule is CN(C)Cc1ccc(NCc2cnn(CCO)c2)cc1. The van der Waals surface area contributed by atoms with Gasteiger partial charge in [0, 0.05) is 30.5 Å². The molecule has 1 heterocycles. The first-order valence-electron chi connectivity index (χ1n) is 6.77. The van der Waals surface area contributed by atoms with Gasteiger partial charge in [-0.3, -0.25) is 4.68 Å². The smallest absolute Gasteiger partial charge is 0.0640 e. The number of aliphatic hydroxyl groups excluding tert-OH is 1. The zero-order chi connectivity index (χ0) is 14.4. The molecular formula is C15H22N4O. The second kappa shape index (κ2) is 7.07. The Kier molecular flexibility index (Phi) is 5.15. The molecule has 0 aliphatic heterocycles. The Labute approximate surface area is 119 Å². The molecule has 108 valence electrons. The van der Waals surface area contributed by atoms with Gasteiger partial charge < -0.3 is 15.3 Å². The van der Waals surface area contributed by atoms with Crippen LogP contribution in [-0.4, -0.2) is 40.5 Å². The maximum atomic E-state index is 8.85. The van der Waals surface area contributed by atoms with Crippen molar-refractivity contribution in [1.29, 1.82) is 0 Å². The number of hydrogen-bond acceptors (Lipinski definition) is 4. The predicted molar refractivity (Wildman–Crippen MR) is 80.5 cm³/mol. The summed E-state index contributed by atoms with van der Waals surface area (Å²) in [6.07, 6.45) is 3.77. The average Bonchev–Trinajstić information content (AvgIpc) is 2.86. The van der Waals surface area contributed by atoms with Gasteiger partial charge in [-0.25, -0.2) is 0 Å². The van der Waals surface area contributed by atoms with E-state index in [1.807, 2.05) is 12.4 Å². The van der Waals surface area contributed by atoms with Crippen molar-refractivity contribution in [3.05, 3.63) is 47.8 Å². The number of aliphatic hydroxyl groups is 1. The molecule has 0 saturated heterocycles. The molecule has 1 aromatic carbocycles. The zero-order valence-corrected chi connectivity index (χ0v) is 12.1. The molecule has 0 bridgehead atoms. The molecule has 0 unspecified atom stereocenters. The summed E-state index contributed by atoms with van der Waals surface area (Å²) in [5.74, 6) is 0. The van der Waals surface area contributed by atoms with Crippen LogP contribution in [0.4, 0.5) is 5.69 Å². The van der Waals surface area contributed by atoms with Crippen molar-refractivity contribution in [1.82, 2.24) is 14.7 Å². The fourth-order valence-electron chi connectivity index (χ4n) is 2.02. The monoisotopic (exact) mass is 274 g/mol. The van der Waals surface area contributed by atoms with Crippen molar-refractivity contribution in [3.8, 4) is 0 Å². The number of hydrogen-bond donors (Lipinski definition) is 2. The molecule has 0 spiro atoms. The van der Waals surface area contributed by atoms with Crippen LogP contribution in [0.2, 0.25) is 0 Å². The van der Waals surface area contributed by atoms with Gasteiger partial charge in [-0.1, -0.05) is 12.1 Å². The highest BCUT2D eigenvalue weighted by molar-refractivity contribution is 5.44. The van der Waals surface area contributed by atoms with Crippen molar-refractivity contribution >= 4 is 5.69 Å². The van der Waals surface area contributed by atoms with Gasteiger partial charge in [0.1, 0.15) is 0 Å². The second-order valence-electron chi connectivity index (χ2n) is 5.12. The fourth-order valence-corrected chi connectivity index (χ4v) is 2.02. The Morgan fingerprint density at radius 3 is 2.60 bits per heavy atom. The van der Waals surface area contributed by atoms with Gasteiger partial charge in [-0.05, 0) is 31.8 Å². The predicted octanol–water partition coefficient (Wildman–Crippen LogP) is 1.55. The maximum Gasteiger partial charge on any atom is 0.0640 e. The quantitative estimate of drug-likeness (QED) is 0.804. The summed E-state index contributed by atoms with van der Waals surface area (Å²) in [5.41, 5.74) is 3.51. The lowest BCUT2D eigenvalue weighted by Gasteiger charge is -2.10. The summed E-state index contributed by atoms with van der Waals surface area (Å²) in [7, 11) is 4.13. The Morgan fingerprint density at radius 1 is 1.20 bits per heavy atom. The van der Waals surface area contributed by atoms with Crippen molar-refractivity contribution in [2.45, 2.75) is 19.6 Å². The number of rotatable bonds is 7. The number of nitrogens with one attached hydrogen (secondary N) is 1. The average molecular weight is 274 g/mol. The van der Waals surface area contributed by atoms with Gasteiger partial charge in [0.15, 0.2) is 0 Å². The Balaban J connectivity index is 1.86. The van der Waals surface area contributed by atoms with Crippen LogP contribution < -0.4 is 5.32 Å². The van der Waals surface area contributed by atoms with E-state index >= 15 is 0 Å². The summed E-state index contributed by atoms with van der Waals surface area (Å²) in [4.78, 5) is 2.15. The zero-order valence-electron chi connectivity index (χ0n) is 12.1. The van der Waals surface area contributed by atoms with Gasteiger partial charge in [-0.2, -0.15) is 5.10 Å². The number of nitrogens with zero attached hydrogens (tertiary/aromatic N) is 3. The summed E-state index contributed by atoms with van der Waals surface area (Å²) < 4.78 is 1.75. The number of benzene rings is 1. The van der Waals surface area contributed by atoms with E-state index in [-0.39, 0.29) is 6.61 Å². The second-order valence-corrected chi connectivity index (χ2v) is 5.12. The maximum absolute atomic E-state index is 8.85. The van der Waals surface area contributed by atoms with E-state index in [1.165, 1.54) is 5.56 Å². The Hall–Kier alpha value is -1.85. The normalized spacial score (nSPS) is 11.0. The molecule has 0 saturated carbocycles. The van der Waals surface area contributed by atoms with Gasteiger partial charge in [0.05, 0.1) is 19.3 Å². The fraction of sp³-hybridized carbons (Fsp3) is 0.400. The lowest BCUT2D eigenvalue weighted by Crippen LogP contribution is -2.10. The minimum atomic E-state index is 0.113. The molecule has 0 atom stereocenters. The Morgan fingerprint density at radius 2 is 1.95 bits per heavy atom. The van der Waals surface area contributed by atoms with Gasteiger partial charge >= 0.3 is 0 Å². The summed E-state index contributed by atoms with van der Waals surface area (Å²) in [5, 5.41) is 16.4. The number of anilines is 1. The van der Waals surface area contributed by atoms with Crippen LogP contribution >= 0.6 is 0 Å². The third kappa shape index (κ3) is 4.36. The minimum absolute atomic E-state index is 0.113. The van der Waals surface area contributed by atoms with Gasteiger partial charge in [-0.15, -0.1) is 0 Å². The molecule has 1 aromatic heterocycles. The molecule has 5 heteroatoms. The highest BCUT2D eigenvalue weighted by Crippen LogP contribution is 2.12. The van der Waals surface area contributed by atoms with Crippen molar-refractivity contribution in [3.63, 3.8) is 0 Å². The lowest BCUT2D eigenvalue weighted by molar-refractivity contribution is 0.269. The third-order valence-corrected chi connectivity index (χ3v) is 2.97. The van der Waals surface area contributed by atoms with Gasteiger partial charge in [0.25, 0.3) is 0 Å². The molecule has 0 aliphatic carbocycles. The van der Waals surface area contributed by atoms with Crippen LogP contribution in [0.25, 0.3) is 0 Å². The topological polar surface area (TPSA) is 53.3 Å². The van der Waals surface area contributed by atoms with Crippen molar-refractivity contribution < 1.29 is 5.11 Å². The van der Waals surface area contributed by atoms with E-state index in [4.69, 9.17) is 5.11 Å². The van der Waals surface area contributed by atoms with Crippen molar-refractivity contribution in [2.75, 3.05) is 26.0 Å². The highest BCUT2D eigenvalue weighted by atomic mass is 16.3. The van der Waals surface area contributed by atoms with Crippen molar-refractivity contribution in [2.24, 2.45) is 0 Å². The van der Waals surface area contributed by atoms with E-state index in [0.717, 1.165) is 24.3 Å². The molecule has 5 nitrogen and oxygen atoms in total. The van der Waals surface area contributed by atoms with Crippen LogP contribution in [-0.2, 0) is 19.6 Å². The first kappa shape index (κ1) is 14.6. The first-order chi connectivity index (χ1) is 9.67. The lowest BCUT2D eigenvalue weighted by atomic mass is 10.2. The van der Waals surface area contributed by atoms with E-state index in [1.54, 1.807) is 4.68 Å². The van der Waals surface area contributed by atoms with E-state index in [9.17, 15) is 0 Å². The molecule has 0 radical (unpaired) electrons. The summed E-state index contributed by atoms with van der Waals surface area (Å²) in [6, 6.07) is 8.46. The molecule has 2 rings (SSSR count). The number of aromatic nitrogens is 2. The first-order valence-corrected chi connectivity index (χ1v) is 6.77. The molecule has 2 aromatic rings. The van der Waals surface area contributed by atoms with E-state index in [0.29, 0.717) is 6.54 Å². The minimum Gasteiger partial charge on any atom is -0.394 e.